The maximum absolute atomic E-state index is 10.3. The SMILES string of the molecule is CCCC(O)(CC)C1(CN)CC1. The van der Waals surface area contributed by atoms with Crippen LogP contribution in [0.25, 0.3) is 0 Å². The van der Waals surface area contributed by atoms with E-state index in [4.69, 9.17) is 5.73 Å². The van der Waals surface area contributed by atoms with Crippen LogP contribution in [0.5, 0.6) is 0 Å². The summed E-state index contributed by atoms with van der Waals surface area (Å²) >= 11 is 0. The molecule has 0 aromatic heterocycles. The van der Waals surface area contributed by atoms with E-state index in [-0.39, 0.29) is 5.41 Å². The van der Waals surface area contributed by atoms with Gasteiger partial charge in [0.15, 0.2) is 0 Å². The second-order valence-electron chi connectivity index (χ2n) is 4.12. The molecule has 2 heteroatoms. The molecule has 1 aliphatic rings. The molecule has 0 radical (unpaired) electrons. The van der Waals surface area contributed by atoms with E-state index in [9.17, 15) is 5.11 Å². The lowest BCUT2D eigenvalue weighted by molar-refractivity contribution is -0.0407. The first-order chi connectivity index (χ1) is 5.64. The van der Waals surface area contributed by atoms with E-state index in [1.807, 2.05) is 0 Å². The van der Waals surface area contributed by atoms with Crippen molar-refractivity contribution in [1.29, 1.82) is 0 Å². The van der Waals surface area contributed by atoms with Crippen molar-refractivity contribution in [2.24, 2.45) is 11.1 Å². The van der Waals surface area contributed by atoms with Gasteiger partial charge in [-0.1, -0.05) is 20.3 Å². The molecule has 0 saturated heterocycles. The van der Waals surface area contributed by atoms with Gasteiger partial charge in [0.1, 0.15) is 0 Å². The average molecular weight is 171 g/mol. The zero-order chi connectivity index (χ0) is 9.24. The molecule has 3 N–H and O–H groups in total. The Balaban J connectivity index is 2.65. The van der Waals surface area contributed by atoms with Gasteiger partial charge >= 0.3 is 0 Å². The molecule has 0 heterocycles. The van der Waals surface area contributed by atoms with Gasteiger partial charge in [0, 0.05) is 12.0 Å². The molecule has 0 spiro atoms. The second-order valence-corrected chi connectivity index (χ2v) is 4.12. The Kier molecular flexibility index (Phi) is 2.79. The Hall–Kier alpha value is -0.0800. The Morgan fingerprint density at radius 3 is 2.25 bits per heavy atom. The van der Waals surface area contributed by atoms with E-state index in [1.165, 1.54) is 0 Å². The van der Waals surface area contributed by atoms with Gasteiger partial charge in [-0.25, -0.2) is 0 Å². The Bertz CT molecular complexity index is 154. The predicted molar refractivity (Wildman–Crippen MR) is 50.9 cm³/mol. The molecular formula is C10H21NO. The molecule has 0 bridgehead atoms. The highest BCUT2D eigenvalue weighted by Crippen LogP contribution is 2.56. The van der Waals surface area contributed by atoms with Gasteiger partial charge in [-0.3, -0.25) is 0 Å². The fraction of sp³-hybridized carbons (Fsp3) is 1.00. The second kappa shape index (κ2) is 3.35. The fourth-order valence-corrected chi connectivity index (χ4v) is 2.24. The number of nitrogens with two attached hydrogens (primary N) is 1. The Morgan fingerprint density at radius 1 is 1.42 bits per heavy atom. The third kappa shape index (κ3) is 1.38. The minimum absolute atomic E-state index is 0.0811. The van der Waals surface area contributed by atoms with Crippen molar-refractivity contribution >= 4 is 0 Å². The lowest BCUT2D eigenvalue weighted by atomic mass is 9.78. The standard InChI is InChI=1S/C10H21NO/c1-3-5-10(12,4-2)9(8-11)6-7-9/h12H,3-8,11H2,1-2H3. The summed E-state index contributed by atoms with van der Waals surface area (Å²) in [4.78, 5) is 0. The molecule has 72 valence electrons. The van der Waals surface area contributed by atoms with Crippen molar-refractivity contribution < 1.29 is 5.11 Å². The van der Waals surface area contributed by atoms with E-state index in [0.29, 0.717) is 6.54 Å². The molecule has 1 rings (SSSR count). The van der Waals surface area contributed by atoms with E-state index < -0.39 is 5.60 Å². The third-order valence-electron chi connectivity index (χ3n) is 3.48. The summed E-state index contributed by atoms with van der Waals surface area (Å²) in [5.41, 5.74) is 5.31. The van der Waals surface area contributed by atoms with Crippen molar-refractivity contribution in [3.05, 3.63) is 0 Å². The summed E-state index contributed by atoms with van der Waals surface area (Å²) in [6.07, 6.45) is 5.03. The summed E-state index contributed by atoms with van der Waals surface area (Å²) in [7, 11) is 0. The monoisotopic (exact) mass is 171 g/mol. The molecule has 0 aromatic rings. The topological polar surface area (TPSA) is 46.2 Å². The van der Waals surface area contributed by atoms with Crippen molar-refractivity contribution in [2.75, 3.05) is 6.54 Å². The van der Waals surface area contributed by atoms with Crippen LogP contribution in [0.3, 0.4) is 0 Å². The fourth-order valence-electron chi connectivity index (χ4n) is 2.24. The molecule has 2 nitrogen and oxygen atoms in total. The van der Waals surface area contributed by atoms with Crippen LogP contribution in [-0.4, -0.2) is 17.3 Å². The van der Waals surface area contributed by atoms with Crippen LogP contribution in [-0.2, 0) is 0 Å². The van der Waals surface area contributed by atoms with Gasteiger partial charge in [-0.2, -0.15) is 0 Å². The summed E-state index contributed by atoms with van der Waals surface area (Å²) in [6.45, 7) is 4.83. The van der Waals surface area contributed by atoms with Crippen LogP contribution in [0.1, 0.15) is 46.0 Å². The summed E-state index contributed by atoms with van der Waals surface area (Å²) in [5, 5.41) is 10.3. The lowest BCUT2D eigenvalue weighted by Gasteiger charge is -2.35. The van der Waals surface area contributed by atoms with Crippen LogP contribution in [0.15, 0.2) is 0 Å². The molecule has 1 aliphatic carbocycles. The van der Waals surface area contributed by atoms with Crippen LogP contribution < -0.4 is 5.73 Å². The third-order valence-corrected chi connectivity index (χ3v) is 3.48. The van der Waals surface area contributed by atoms with E-state index >= 15 is 0 Å². The zero-order valence-electron chi connectivity index (χ0n) is 8.27. The molecule has 12 heavy (non-hydrogen) atoms. The van der Waals surface area contributed by atoms with Crippen LogP contribution in [0.2, 0.25) is 0 Å². The number of aliphatic hydroxyl groups is 1. The molecule has 0 amide bonds. The van der Waals surface area contributed by atoms with Gasteiger partial charge in [0.2, 0.25) is 0 Å². The van der Waals surface area contributed by atoms with Gasteiger partial charge in [-0.05, 0) is 25.7 Å². The highest BCUT2D eigenvalue weighted by Gasteiger charge is 2.55. The minimum atomic E-state index is -0.476. The zero-order valence-corrected chi connectivity index (χ0v) is 8.27. The predicted octanol–water partition coefficient (Wildman–Crippen LogP) is 1.67. The first kappa shape index (κ1) is 10.0. The summed E-state index contributed by atoms with van der Waals surface area (Å²) < 4.78 is 0. The molecule has 1 saturated carbocycles. The first-order valence-corrected chi connectivity index (χ1v) is 5.06. The van der Waals surface area contributed by atoms with E-state index in [1.54, 1.807) is 0 Å². The smallest absolute Gasteiger partial charge is 0.0713 e. The largest absolute Gasteiger partial charge is 0.389 e. The van der Waals surface area contributed by atoms with Crippen molar-refractivity contribution in [1.82, 2.24) is 0 Å². The molecule has 1 atom stereocenters. The van der Waals surface area contributed by atoms with Crippen LogP contribution in [0.4, 0.5) is 0 Å². The normalized spacial score (nSPS) is 25.0. The summed E-state index contributed by atoms with van der Waals surface area (Å²) in [6, 6.07) is 0. The van der Waals surface area contributed by atoms with Crippen LogP contribution in [0, 0.1) is 5.41 Å². The van der Waals surface area contributed by atoms with Gasteiger partial charge < -0.3 is 10.8 Å². The molecular weight excluding hydrogens is 150 g/mol. The highest BCUT2D eigenvalue weighted by atomic mass is 16.3. The highest BCUT2D eigenvalue weighted by molar-refractivity contribution is 5.08. The quantitative estimate of drug-likeness (QED) is 0.661. The first-order valence-electron chi connectivity index (χ1n) is 5.06. The lowest BCUT2D eigenvalue weighted by Crippen LogP contribution is -2.43. The number of hydrogen-bond acceptors (Lipinski definition) is 2. The average Bonchev–Trinajstić information content (AvgIpc) is 2.85. The van der Waals surface area contributed by atoms with Gasteiger partial charge in [0.25, 0.3) is 0 Å². The maximum Gasteiger partial charge on any atom is 0.0713 e. The van der Waals surface area contributed by atoms with Crippen molar-refractivity contribution in [2.45, 2.75) is 51.6 Å². The van der Waals surface area contributed by atoms with Crippen molar-refractivity contribution in [3.8, 4) is 0 Å². The molecule has 0 aromatic carbocycles. The number of hydrogen-bond donors (Lipinski definition) is 2. The van der Waals surface area contributed by atoms with Crippen LogP contribution >= 0.6 is 0 Å². The molecule has 1 unspecified atom stereocenters. The molecule has 0 aliphatic heterocycles. The Labute approximate surface area is 75.2 Å². The van der Waals surface area contributed by atoms with E-state index in [0.717, 1.165) is 32.1 Å². The Morgan fingerprint density at radius 2 is 2.00 bits per heavy atom. The molecule has 1 fully saturated rings. The van der Waals surface area contributed by atoms with Gasteiger partial charge in [0.05, 0.1) is 5.60 Å². The van der Waals surface area contributed by atoms with Crippen molar-refractivity contribution in [3.63, 3.8) is 0 Å². The van der Waals surface area contributed by atoms with E-state index in [2.05, 4.69) is 13.8 Å². The summed E-state index contributed by atoms with van der Waals surface area (Å²) in [5.74, 6) is 0. The maximum atomic E-state index is 10.3. The number of rotatable bonds is 5. The van der Waals surface area contributed by atoms with Gasteiger partial charge in [-0.15, -0.1) is 0 Å². The minimum Gasteiger partial charge on any atom is -0.389 e.